The monoisotopic (exact) mass is 286 g/mol. The number of para-hydroxylation sites is 1. The number of nitrogens with two attached hydrogens (primary N) is 1. The molecule has 21 heavy (non-hydrogen) atoms. The van der Waals surface area contributed by atoms with Crippen LogP contribution in [0.25, 0.3) is 0 Å². The van der Waals surface area contributed by atoms with Crippen molar-refractivity contribution in [1.82, 2.24) is 4.98 Å². The van der Waals surface area contributed by atoms with E-state index in [0.29, 0.717) is 5.82 Å². The molecule has 0 bridgehead atoms. The van der Waals surface area contributed by atoms with Gasteiger partial charge in [0.2, 0.25) is 0 Å². The molecule has 0 aliphatic carbocycles. The van der Waals surface area contributed by atoms with E-state index in [1.54, 1.807) is 6.07 Å². The number of rotatable bonds is 3. The molecule has 0 radical (unpaired) electrons. The summed E-state index contributed by atoms with van der Waals surface area (Å²) in [4.78, 5) is 26.6. The van der Waals surface area contributed by atoms with Crippen molar-refractivity contribution in [2.24, 2.45) is 0 Å². The first kappa shape index (κ1) is 14.4. The number of nitrogens with zero attached hydrogens (tertiary/aromatic N) is 2. The summed E-state index contributed by atoms with van der Waals surface area (Å²) < 4.78 is 0. The summed E-state index contributed by atoms with van der Waals surface area (Å²) >= 11 is 0. The Morgan fingerprint density at radius 3 is 2.67 bits per heavy atom. The predicted molar refractivity (Wildman–Crippen MR) is 79.2 cm³/mol. The average molecular weight is 286 g/mol. The van der Waals surface area contributed by atoms with Crippen LogP contribution in [0.4, 0.5) is 17.2 Å². The van der Waals surface area contributed by atoms with Crippen molar-refractivity contribution >= 4 is 23.1 Å². The van der Waals surface area contributed by atoms with Crippen LogP contribution in [0, 0.1) is 24.0 Å². The number of nitrogens with one attached hydrogen (secondary N) is 1. The molecule has 7 heteroatoms. The first-order valence-corrected chi connectivity index (χ1v) is 6.18. The molecule has 1 aromatic carbocycles. The highest BCUT2D eigenvalue weighted by Gasteiger charge is 2.19. The maximum Gasteiger partial charge on any atom is 0.292 e. The predicted octanol–water partition coefficient (Wildman–Crippen LogP) is 2.44. The number of carbonyl (C=O) groups excluding carboxylic acids is 1. The molecule has 1 heterocycles. The van der Waals surface area contributed by atoms with E-state index < -0.39 is 10.8 Å². The van der Waals surface area contributed by atoms with E-state index in [4.69, 9.17) is 5.73 Å². The number of aromatic nitrogens is 1. The van der Waals surface area contributed by atoms with E-state index >= 15 is 0 Å². The summed E-state index contributed by atoms with van der Waals surface area (Å²) in [5, 5.41) is 13.4. The van der Waals surface area contributed by atoms with Crippen LogP contribution < -0.4 is 11.1 Å². The third kappa shape index (κ3) is 3.14. The smallest absolute Gasteiger partial charge is 0.292 e. The van der Waals surface area contributed by atoms with Gasteiger partial charge in [-0.3, -0.25) is 14.9 Å². The number of benzene rings is 1. The zero-order chi connectivity index (χ0) is 15.6. The lowest BCUT2D eigenvalue weighted by Gasteiger charge is -2.08. The number of pyridine rings is 1. The Kier molecular flexibility index (Phi) is 3.84. The molecule has 0 atom stereocenters. The fraction of sp³-hybridized carbons (Fsp3) is 0.143. The number of hydrogen-bond acceptors (Lipinski definition) is 5. The zero-order valence-electron chi connectivity index (χ0n) is 11.6. The summed E-state index contributed by atoms with van der Waals surface area (Å²) in [6.45, 7) is 3.69. The molecule has 2 rings (SSSR count). The van der Waals surface area contributed by atoms with Crippen LogP contribution in [0.2, 0.25) is 0 Å². The van der Waals surface area contributed by atoms with E-state index in [9.17, 15) is 14.9 Å². The number of anilines is 2. The minimum absolute atomic E-state index is 0.0464. The molecule has 1 aromatic heterocycles. The number of nitro benzene ring substituents is 1. The third-order valence-corrected chi connectivity index (χ3v) is 2.86. The molecule has 108 valence electrons. The molecule has 7 nitrogen and oxygen atoms in total. The third-order valence-electron chi connectivity index (χ3n) is 2.86. The van der Waals surface area contributed by atoms with Crippen LogP contribution in [-0.4, -0.2) is 15.8 Å². The largest absolute Gasteiger partial charge is 0.393 e. The highest BCUT2D eigenvalue weighted by Crippen LogP contribution is 2.25. The molecule has 0 aliphatic rings. The first-order valence-electron chi connectivity index (χ1n) is 6.18. The van der Waals surface area contributed by atoms with E-state index in [0.717, 1.165) is 11.3 Å². The van der Waals surface area contributed by atoms with Crippen molar-refractivity contribution in [1.29, 1.82) is 0 Å². The van der Waals surface area contributed by atoms with E-state index in [1.807, 2.05) is 19.9 Å². The van der Waals surface area contributed by atoms with Gasteiger partial charge in [0.25, 0.3) is 11.6 Å². The van der Waals surface area contributed by atoms with E-state index in [2.05, 4.69) is 10.3 Å². The van der Waals surface area contributed by atoms with Gasteiger partial charge in [0.1, 0.15) is 11.5 Å². The first-order chi connectivity index (χ1) is 9.88. The fourth-order valence-electron chi connectivity index (χ4n) is 2.00. The van der Waals surface area contributed by atoms with Crippen LogP contribution in [0.15, 0.2) is 30.3 Å². The Labute approximate surface area is 121 Å². The van der Waals surface area contributed by atoms with E-state index in [-0.39, 0.29) is 16.9 Å². The van der Waals surface area contributed by atoms with Crippen molar-refractivity contribution in [2.75, 3.05) is 11.1 Å². The molecule has 1 amide bonds. The molecular formula is C14H14N4O3. The molecule has 0 fully saturated rings. The summed E-state index contributed by atoms with van der Waals surface area (Å²) in [5.74, 6) is -0.155. The lowest BCUT2D eigenvalue weighted by atomic mass is 10.1. The van der Waals surface area contributed by atoms with Crippen LogP contribution in [0.5, 0.6) is 0 Å². The van der Waals surface area contributed by atoms with E-state index in [1.165, 1.54) is 18.2 Å². The number of nitrogen functional groups attached to an aromatic ring is 1. The second kappa shape index (κ2) is 5.58. The van der Waals surface area contributed by atoms with Gasteiger partial charge in [0.15, 0.2) is 0 Å². The minimum Gasteiger partial charge on any atom is -0.393 e. The summed E-state index contributed by atoms with van der Waals surface area (Å²) in [7, 11) is 0. The highest BCUT2D eigenvalue weighted by molar-refractivity contribution is 6.08. The molecule has 0 spiro atoms. The van der Waals surface area contributed by atoms with Gasteiger partial charge in [-0.1, -0.05) is 6.07 Å². The van der Waals surface area contributed by atoms with Crippen molar-refractivity contribution in [3.05, 3.63) is 57.3 Å². The molecular weight excluding hydrogens is 272 g/mol. The van der Waals surface area contributed by atoms with Gasteiger partial charge < -0.3 is 11.1 Å². The molecule has 0 unspecified atom stereocenters. The zero-order valence-corrected chi connectivity index (χ0v) is 11.6. The number of amides is 1. The normalized spacial score (nSPS) is 10.2. The molecule has 3 N–H and O–H groups in total. The Hall–Kier alpha value is -2.96. The Morgan fingerprint density at radius 2 is 2.05 bits per heavy atom. The molecule has 2 aromatic rings. The van der Waals surface area contributed by atoms with Gasteiger partial charge in [-0.15, -0.1) is 0 Å². The van der Waals surface area contributed by atoms with Gasteiger partial charge in [0.05, 0.1) is 10.5 Å². The topological polar surface area (TPSA) is 111 Å². The second-order valence-electron chi connectivity index (χ2n) is 4.62. The van der Waals surface area contributed by atoms with Gasteiger partial charge in [0, 0.05) is 11.8 Å². The maximum absolute atomic E-state index is 12.2. The van der Waals surface area contributed by atoms with Crippen molar-refractivity contribution in [3.63, 3.8) is 0 Å². The second-order valence-corrected chi connectivity index (χ2v) is 4.62. The molecule has 0 aliphatic heterocycles. The summed E-state index contributed by atoms with van der Waals surface area (Å²) in [6, 6.07) is 7.68. The van der Waals surface area contributed by atoms with Crippen molar-refractivity contribution < 1.29 is 9.72 Å². The lowest BCUT2D eigenvalue weighted by Crippen LogP contribution is -2.16. The Balaban J connectivity index is 2.33. The van der Waals surface area contributed by atoms with Crippen molar-refractivity contribution in [3.8, 4) is 0 Å². The minimum atomic E-state index is -0.624. The number of aryl methyl sites for hydroxylation is 2. The molecule has 0 saturated heterocycles. The highest BCUT2D eigenvalue weighted by atomic mass is 16.6. The van der Waals surface area contributed by atoms with Crippen LogP contribution in [0.3, 0.4) is 0 Å². The van der Waals surface area contributed by atoms with Gasteiger partial charge in [-0.2, -0.15) is 0 Å². The Bertz CT molecular complexity index is 708. The number of carbonyl (C=O) groups is 1. The van der Waals surface area contributed by atoms with Crippen molar-refractivity contribution in [2.45, 2.75) is 13.8 Å². The summed E-state index contributed by atoms with van der Waals surface area (Å²) in [5.41, 5.74) is 6.97. The standard InChI is InChI=1S/C14H14N4O3/c1-8-6-9(2)16-12(7-8)17-14(19)10-4-3-5-11(13(10)15)18(20)21/h3-7H,15H2,1-2H3,(H,16,17,19). The SMILES string of the molecule is Cc1cc(C)nc(NC(=O)c2cccc([N+](=O)[O-])c2N)c1. The maximum atomic E-state index is 12.2. The average Bonchev–Trinajstić information content (AvgIpc) is 2.37. The summed E-state index contributed by atoms with van der Waals surface area (Å²) in [6.07, 6.45) is 0. The van der Waals surface area contributed by atoms with Crippen LogP contribution in [-0.2, 0) is 0 Å². The Morgan fingerprint density at radius 1 is 1.33 bits per heavy atom. The quantitative estimate of drug-likeness (QED) is 0.511. The van der Waals surface area contributed by atoms with Gasteiger partial charge >= 0.3 is 0 Å². The van der Waals surface area contributed by atoms with Gasteiger partial charge in [-0.25, -0.2) is 4.98 Å². The fourth-order valence-corrected chi connectivity index (χ4v) is 2.00. The van der Waals surface area contributed by atoms with Gasteiger partial charge in [-0.05, 0) is 37.6 Å². The van der Waals surface area contributed by atoms with Crippen LogP contribution in [0.1, 0.15) is 21.6 Å². The molecule has 0 saturated carbocycles. The number of hydrogen-bond donors (Lipinski definition) is 2. The number of nitro groups is 1. The van der Waals surface area contributed by atoms with Crippen LogP contribution >= 0.6 is 0 Å². The lowest BCUT2D eigenvalue weighted by molar-refractivity contribution is -0.383.